The van der Waals surface area contributed by atoms with E-state index in [1.807, 2.05) is 19.0 Å². The summed E-state index contributed by atoms with van der Waals surface area (Å²) in [6, 6.07) is 5.11. The number of rotatable bonds is 4. The molecule has 1 unspecified atom stereocenters. The van der Waals surface area contributed by atoms with E-state index in [4.69, 9.17) is 9.72 Å². The quantitative estimate of drug-likeness (QED) is 0.705. The zero-order chi connectivity index (χ0) is 22.9. The van der Waals surface area contributed by atoms with Gasteiger partial charge in [-0.3, -0.25) is 4.79 Å². The van der Waals surface area contributed by atoms with Crippen LogP contribution in [0, 0.1) is 0 Å². The van der Waals surface area contributed by atoms with Crippen molar-refractivity contribution in [1.29, 1.82) is 0 Å². The number of carbonyl (C=O) groups is 1. The lowest BCUT2D eigenvalue weighted by molar-refractivity contribution is -0.142. The fourth-order valence-corrected chi connectivity index (χ4v) is 4.32. The summed E-state index contributed by atoms with van der Waals surface area (Å²) in [6.45, 7) is 1.85. The average Bonchev–Trinajstić information content (AvgIpc) is 3.33. The molecular weight excluding hydrogens is 421 g/mol. The molecule has 3 heterocycles. The van der Waals surface area contributed by atoms with Gasteiger partial charge in [0.05, 0.1) is 11.3 Å². The molecule has 2 aromatic rings. The molecule has 1 aromatic heterocycles. The second kappa shape index (κ2) is 9.05. The molecule has 0 bridgehead atoms. The lowest BCUT2D eigenvalue weighted by atomic mass is 9.88. The zero-order valence-electron chi connectivity index (χ0n) is 18.2. The van der Waals surface area contributed by atoms with Gasteiger partial charge >= 0.3 is 6.18 Å². The highest BCUT2D eigenvalue weighted by Gasteiger charge is 2.33. The zero-order valence-corrected chi connectivity index (χ0v) is 18.2. The maximum Gasteiger partial charge on any atom is 0.416 e. The van der Waals surface area contributed by atoms with E-state index >= 15 is 0 Å². The van der Waals surface area contributed by atoms with Crippen LogP contribution in [-0.4, -0.2) is 60.7 Å². The van der Waals surface area contributed by atoms with Gasteiger partial charge in [-0.05, 0) is 43.4 Å². The van der Waals surface area contributed by atoms with Crippen molar-refractivity contribution in [3.63, 3.8) is 0 Å². The van der Waals surface area contributed by atoms with Crippen molar-refractivity contribution in [2.24, 2.45) is 0 Å². The number of benzene rings is 1. The first-order valence-corrected chi connectivity index (χ1v) is 10.9. The topological polar surface area (TPSA) is 58.6 Å². The molecule has 1 atom stereocenters. The molecule has 1 aromatic carbocycles. The summed E-state index contributed by atoms with van der Waals surface area (Å²) in [4.78, 5) is 25.5. The molecule has 0 aliphatic carbocycles. The van der Waals surface area contributed by atoms with Gasteiger partial charge in [-0.25, -0.2) is 9.97 Å². The van der Waals surface area contributed by atoms with E-state index in [1.165, 1.54) is 12.1 Å². The normalized spacial score (nSPS) is 19.9. The lowest BCUT2D eigenvalue weighted by Crippen LogP contribution is -2.43. The number of amides is 1. The third kappa shape index (κ3) is 4.72. The van der Waals surface area contributed by atoms with Crippen LogP contribution in [0.15, 0.2) is 30.5 Å². The van der Waals surface area contributed by atoms with E-state index in [2.05, 4.69) is 4.98 Å². The van der Waals surface area contributed by atoms with Gasteiger partial charge in [0, 0.05) is 51.5 Å². The minimum absolute atomic E-state index is 0.0561. The van der Waals surface area contributed by atoms with Gasteiger partial charge in [-0.15, -0.1) is 0 Å². The maximum atomic E-state index is 13.0. The standard InChI is InChI=1S/C23H27F3N4O2/c1-29(2)22-27-14-18(15-5-7-17(8-6-15)23(24,25)26)20(28-22)16-9-11-30(12-10-16)21(31)19-4-3-13-32-19/h5-8,14,16,19H,3-4,9-13H2,1-2H3. The predicted octanol–water partition coefficient (Wildman–Crippen LogP) is 4.11. The predicted molar refractivity (Wildman–Crippen MR) is 114 cm³/mol. The molecule has 1 amide bonds. The van der Waals surface area contributed by atoms with E-state index in [-0.39, 0.29) is 17.9 Å². The molecule has 2 saturated heterocycles. The van der Waals surface area contributed by atoms with Gasteiger partial charge < -0.3 is 14.5 Å². The summed E-state index contributed by atoms with van der Waals surface area (Å²) in [7, 11) is 3.69. The van der Waals surface area contributed by atoms with E-state index in [0.717, 1.165) is 49.1 Å². The number of likely N-dealkylation sites (tertiary alicyclic amines) is 1. The van der Waals surface area contributed by atoms with Crippen LogP contribution in [-0.2, 0) is 15.7 Å². The van der Waals surface area contributed by atoms with Crippen LogP contribution in [0.1, 0.15) is 42.9 Å². The van der Waals surface area contributed by atoms with E-state index < -0.39 is 11.7 Å². The van der Waals surface area contributed by atoms with Gasteiger partial charge in [0.25, 0.3) is 5.91 Å². The number of nitrogens with zero attached hydrogens (tertiary/aromatic N) is 4. The smallest absolute Gasteiger partial charge is 0.368 e. The monoisotopic (exact) mass is 448 g/mol. The van der Waals surface area contributed by atoms with Gasteiger partial charge in [-0.1, -0.05) is 12.1 Å². The molecule has 172 valence electrons. The number of piperidine rings is 1. The Bertz CT molecular complexity index is 949. The van der Waals surface area contributed by atoms with Crippen molar-refractivity contribution in [3.05, 3.63) is 41.7 Å². The summed E-state index contributed by atoms with van der Waals surface area (Å²) in [5.74, 6) is 0.691. The van der Waals surface area contributed by atoms with Crippen LogP contribution in [0.5, 0.6) is 0 Å². The Morgan fingerprint density at radius 3 is 2.38 bits per heavy atom. The van der Waals surface area contributed by atoms with Crippen LogP contribution in [0.2, 0.25) is 0 Å². The lowest BCUT2D eigenvalue weighted by Gasteiger charge is -2.34. The molecule has 9 heteroatoms. The van der Waals surface area contributed by atoms with Gasteiger partial charge in [0.1, 0.15) is 6.10 Å². The van der Waals surface area contributed by atoms with Gasteiger partial charge in [0.15, 0.2) is 0 Å². The van der Waals surface area contributed by atoms with Crippen molar-refractivity contribution in [1.82, 2.24) is 14.9 Å². The number of carbonyl (C=O) groups excluding carboxylic acids is 1. The maximum absolute atomic E-state index is 13.0. The van der Waals surface area contributed by atoms with Crippen LogP contribution in [0.3, 0.4) is 0 Å². The number of halogens is 3. The molecule has 6 nitrogen and oxygen atoms in total. The molecule has 0 N–H and O–H groups in total. The summed E-state index contributed by atoms with van der Waals surface area (Å²) >= 11 is 0. The minimum atomic E-state index is -4.38. The van der Waals surface area contributed by atoms with Gasteiger partial charge in [-0.2, -0.15) is 13.2 Å². The van der Waals surface area contributed by atoms with Crippen LogP contribution in [0.4, 0.5) is 19.1 Å². The Morgan fingerprint density at radius 1 is 1.12 bits per heavy atom. The molecule has 2 aliphatic heterocycles. The van der Waals surface area contributed by atoms with Crippen LogP contribution < -0.4 is 4.90 Å². The Morgan fingerprint density at radius 2 is 1.81 bits per heavy atom. The van der Waals surface area contributed by atoms with Crippen molar-refractivity contribution in [2.45, 2.75) is 43.9 Å². The summed E-state index contributed by atoms with van der Waals surface area (Å²) in [5, 5.41) is 0. The van der Waals surface area contributed by atoms with E-state index in [9.17, 15) is 18.0 Å². The average molecular weight is 448 g/mol. The summed E-state index contributed by atoms with van der Waals surface area (Å²) in [5.41, 5.74) is 1.51. The number of hydrogen-bond acceptors (Lipinski definition) is 5. The van der Waals surface area contributed by atoms with Crippen LogP contribution >= 0.6 is 0 Å². The largest absolute Gasteiger partial charge is 0.416 e. The highest BCUT2D eigenvalue weighted by atomic mass is 19.4. The van der Waals surface area contributed by atoms with Crippen molar-refractivity contribution >= 4 is 11.9 Å². The molecule has 0 saturated carbocycles. The van der Waals surface area contributed by atoms with Crippen LogP contribution in [0.25, 0.3) is 11.1 Å². The SMILES string of the molecule is CN(C)c1ncc(-c2ccc(C(F)(F)F)cc2)c(C2CCN(C(=O)C3CCCO3)CC2)n1. The number of hydrogen-bond donors (Lipinski definition) is 0. The first-order chi connectivity index (χ1) is 15.2. The minimum Gasteiger partial charge on any atom is -0.368 e. The molecule has 2 fully saturated rings. The highest BCUT2D eigenvalue weighted by molar-refractivity contribution is 5.81. The fraction of sp³-hybridized carbons (Fsp3) is 0.522. The Labute approximate surface area is 185 Å². The fourth-order valence-electron chi connectivity index (χ4n) is 4.32. The molecular formula is C23H27F3N4O2. The Balaban J connectivity index is 1.57. The molecule has 0 radical (unpaired) electrons. The second-order valence-electron chi connectivity index (χ2n) is 8.54. The number of aromatic nitrogens is 2. The molecule has 0 spiro atoms. The Kier molecular flexibility index (Phi) is 6.37. The number of anilines is 1. The Hall–Kier alpha value is -2.68. The molecule has 32 heavy (non-hydrogen) atoms. The summed E-state index contributed by atoms with van der Waals surface area (Å²) < 4.78 is 44.5. The number of ether oxygens (including phenoxy) is 1. The molecule has 2 aliphatic rings. The van der Waals surface area contributed by atoms with Gasteiger partial charge in [0.2, 0.25) is 5.95 Å². The summed E-state index contributed by atoms with van der Waals surface area (Å²) in [6.07, 6.45) is 0.131. The number of alkyl halides is 3. The highest BCUT2D eigenvalue weighted by Crippen LogP contribution is 2.36. The van der Waals surface area contributed by atoms with Crippen molar-refractivity contribution in [3.8, 4) is 11.1 Å². The van der Waals surface area contributed by atoms with Crippen molar-refractivity contribution in [2.75, 3.05) is 38.7 Å². The van der Waals surface area contributed by atoms with Crippen molar-refractivity contribution < 1.29 is 22.7 Å². The molecule has 4 rings (SSSR count). The van der Waals surface area contributed by atoms with E-state index in [0.29, 0.717) is 31.2 Å². The van der Waals surface area contributed by atoms with E-state index in [1.54, 1.807) is 11.1 Å². The second-order valence-corrected chi connectivity index (χ2v) is 8.54. The first kappa shape index (κ1) is 22.5. The third-order valence-corrected chi connectivity index (χ3v) is 6.13. The third-order valence-electron chi connectivity index (χ3n) is 6.13. The first-order valence-electron chi connectivity index (χ1n) is 10.9.